The molecule has 0 aliphatic carbocycles. The number of halogens is 1. The quantitative estimate of drug-likeness (QED) is 0.234. The monoisotopic (exact) mass is 508 g/mol. The van der Waals surface area contributed by atoms with Crippen molar-refractivity contribution in [1.29, 1.82) is 0 Å². The summed E-state index contributed by atoms with van der Waals surface area (Å²) < 4.78 is 46.0. The van der Waals surface area contributed by atoms with Gasteiger partial charge in [-0.05, 0) is 48.9 Å². The Morgan fingerprint density at radius 3 is 2.45 bits per heavy atom. The fourth-order valence-corrected chi connectivity index (χ4v) is 5.89. The van der Waals surface area contributed by atoms with Gasteiger partial charge in [0.1, 0.15) is 12.5 Å². The molecule has 0 saturated carbocycles. The summed E-state index contributed by atoms with van der Waals surface area (Å²) in [5.74, 6) is 0.178. The van der Waals surface area contributed by atoms with E-state index < -0.39 is 19.4 Å². The van der Waals surface area contributed by atoms with Gasteiger partial charge in [0.05, 0.1) is 26.6 Å². The molecule has 3 rings (SSSR count). The van der Waals surface area contributed by atoms with Gasteiger partial charge in [0.2, 0.25) is 15.0 Å². The first kappa shape index (κ1) is 25.5. The molecule has 0 saturated heterocycles. The van der Waals surface area contributed by atoms with E-state index >= 15 is 0 Å². The van der Waals surface area contributed by atoms with Crippen molar-refractivity contribution in [1.82, 2.24) is 19.5 Å². The highest BCUT2D eigenvalue weighted by molar-refractivity contribution is 7.98. The molecule has 0 N–H and O–H groups in total. The summed E-state index contributed by atoms with van der Waals surface area (Å²) in [6.45, 7) is 6.84. The van der Waals surface area contributed by atoms with Gasteiger partial charge in [-0.15, -0.1) is 0 Å². The van der Waals surface area contributed by atoms with Gasteiger partial charge in [-0.2, -0.15) is 0 Å². The molecule has 0 fully saturated rings. The van der Waals surface area contributed by atoms with Crippen LogP contribution < -0.4 is 0 Å². The third-order valence-electron chi connectivity index (χ3n) is 5.07. The van der Waals surface area contributed by atoms with E-state index in [4.69, 9.17) is 9.72 Å². The van der Waals surface area contributed by atoms with Crippen LogP contribution in [-0.4, -0.2) is 55.7 Å². The lowest BCUT2D eigenvalue weighted by atomic mass is 10.1. The Hall–Kier alpha value is -2.08. The van der Waals surface area contributed by atoms with Crippen molar-refractivity contribution in [2.75, 3.05) is 12.5 Å². The normalized spacial score (nSPS) is 13.3. The molecule has 1 unspecified atom stereocenters. The Balaban J connectivity index is 2.17. The zero-order chi connectivity index (χ0) is 24.2. The maximum atomic E-state index is 13.6. The summed E-state index contributed by atoms with van der Waals surface area (Å²) in [6, 6.07) is 7.69. The second-order valence-electron chi connectivity index (χ2n) is 8.18. The van der Waals surface area contributed by atoms with Gasteiger partial charge in [0.25, 0.3) is 0 Å². The number of aromatic nitrogens is 4. The molecular weight excluding hydrogens is 479 g/mol. The maximum absolute atomic E-state index is 13.6. The van der Waals surface area contributed by atoms with E-state index in [9.17, 15) is 12.8 Å². The molecule has 0 aliphatic heterocycles. The number of sulfone groups is 1. The summed E-state index contributed by atoms with van der Waals surface area (Å²) in [5, 5.41) is 0.438. The van der Waals surface area contributed by atoms with Crippen LogP contribution in [0.3, 0.4) is 0 Å². The van der Waals surface area contributed by atoms with E-state index in [1.807, 2.05) is 10.8 Å². The van der Waals surface area contributed by atoms with Crippen molar-refractivity contribution >= 4 is 31.1 Å². The number of hydrogen-bond donors (Lipinski definition) is 0. The van der Waals surface area contributed by atoms with Crippen molar-refractivity contribution in [2.24, 2.45) is 5.92 Å². The lowest BCUT2D eigenvalue weighted by molar-refractivity contribution is 0.0370. The first-order valence-corrected chi connectivity index (χ1v) is 16.0. The van der Waals surface area contributed by atoms with Gasteiger partial charge in [0, 0.05) is 23.7 Å². The maximum Gasteiger partial charge on any atom is 0.247 e. The zero-order valence-corrected chi connectivity index (χ0v) is 22.5. The van der Waals surface area contributed by atoms with Gasteiger partial charge >= 0.3 is 0 Å². The molecule has 7 nitrogen and oxygen atoms in total. The number of thioether (sulfide) groups is 1. The van der Waals surface area contributed by atoms with Crippen LogP contribution in [0.1, 0.15) is 20.3 Å². The molecule has 3 aromatic rings. The molecule has 178 valence electrons. The van der Waals surface area contributed by atoms with Gasteiger partial charge in [-0.1, -0.05) is 32.2 Å². The molecule has 1 aromatic carbocycles. The van der Waals surface area contributed by atoms with Crippen molar-refractivity contribution < 1.29 is 17.5 Å². The lowest BCUT2D eigenvalue weighted by Gasteiger charge is -2.20. The largest absolute Gasteiger partial charge is 0.362 e. The Labute approximate surface area is 201 Å². The van der Waals surface area contributed by atoms with E-state index in [0.717, 1.165) is 12.7 Å². The topological polar surface area (TPSA) is 87.0 Å². The molecule has 11 heteroatoms. The highest BCUT2D eigenvalue weighted by atomic mass is 32.2. The first-order valence-electron chi connectivity index (χ1n) is 10.7. The highest BCUT2D eigenvalue weighted by Gasteiger charge is 2.23. The third-order valence-corrected chi connectivity index (χ3v) is 8.09. The van der Waals surface area contributed by atoms with Crippen LogP contribution in [0.2, 0.25) is 6.55 Å². The van der Waals surface area contributed by atoms with Crippen LogP contribution in [0.25, 0.3) is 22.6 Å². The van der Waals surface area contributed by atoms with Crippen LogP contribution in [-0.2, 0) is 21.3 Å². The number of nitrogens with zero attached hydrogens (tertiary/aromatic N) is 4. The molecule has 2 heterocycles. The predicted octanol–water partition coefficient (Wildman–Crippen LogP) is 3.83. The molecular formula is C22H29FN4O3S2Si. The number of ether oxygens (including phenoxy) is 1. The van der Waals surface area contributed by atoms with Crippen molar-refractivity contribution in [3.63, 3.8) is 0 Å². The summed E-state index contributed by atoms with van der Waals surface area (Å²) in [5.41, 5.74) is 2.51. The van der Waals surface area contributed by atoms with Crippen LogP contribution in [0.4, 0.5) is 4.39 Å². The Morgan fingerprint density at radius 2 is 1.88 bits per heavy atom. The standard InChI is InChI=1S/C22H29FN4O3S2Si/c1-14(2)12-18(33-5)30-13-27-20(17-10-11-24-21(25-17)32(4,28)29)19(26-22(27)31-3)15-6-8-16(23)9-7-15/h6-11,14,18H,12-13,33H2,1-5H3. The van der Waals surface area contributed by atoms with E-state index in [2.05, 4.69) is 30.4 Å². The Morgan fingerprint density at radius 1 is 1.18 bits per heavy atom. The average molecular weight is 509 g/mol. The van der Waals surface area contributed by atoms with Crippen LogP contribution >= 0.6 is 11.8 Å². The Bertz CT molecular complexity index is 1200. The zero-order valence-electron chi connectivity index (χ0n) is 19.4. The minimum atomic E-state index is -3.60. The lowest BCUT2D eigenvalue weighted by Crippen LogP contribution is -2.23. The summed E-state index contributed by atoms with van der Waals surface area (Å²) in [7, 11) is -4.01. The van der Waals surface area contributed by atoms with E-state index in [1.165, 1.54) is 30.1 Å². The number of benzene rings is 1. The molecule has 33 heavy (non-hydrogen) atoms. The van der Waals surface area contributed by atoms with Crippen LogP contribution in [0.5, 0.6) is 0 Å². The average Bonchev–Trinajstić information content (AvgIpc) is 3.15. The smallest absolute Gasteiger partial charge is 0.247 e. The summed E-state index contributed by atoms with van der Waals surface area (Å²) in [4.78, 5) is 13.0. The van der Waals surface area contributed by atoms with Gasteiger partial charge in [-0.3, -0.25) is 4.57 Å². The van der Waals surface area contributed by atoms with E-state index in [1.54, 1.807) is 18.2 Å². The highest BCUT2D eigenvalue weighted by Crippen LogP contribution is 2.35. The predicted molar refractivity (Wildman–Crippen MR) is 132 cm³/mol. The molecule has 0 bridgehead atoms. The van der Waals surface area contributed by atoms with E-state index in [-0.39, 0.29) is 23.4 Å². The summed E-state index contributed by atoms with van der Waals surface area (Å²) in [6.07, 6.45) is 5.39. The minimum absolute atomic E-state index is 0.209. The van der Waals surface area contributed by atoms with Gasteiger partial charge < -0.3 is 4.74 Å². The fraction of sp³-hybridized carbons (Fsp3) is 0.409. The number of imidazole rings is 1. The molecule has 0 spiro atoms. The summed E-state index contributed by atoms with van der Waals surface area (Å²) >= 11 is 1.45. The first-order chi connectivity index (χ1) is 15.6. The number of rotatable bonds is 10. The fourth-order valence-electron chi connectivity index (χ4n) is 3.49. The third kappa shape index (κ3) is 6.28. The number of hydrogen-bond acceptors (Lipinski definition) is 7. The molecule has 0 amide bonds. The minimum Gasteiger partial charge on any atom is -0.362 e. The van der Waals surface area contributed by atoms with Crippen LogP contribution in [0, 0.1) is 11.7 Å². The molecule has 2 aromatic heterocycles. The molecule has 0 radical (unpaired) electrons. The second kappa shape index (κ2) is 10.9. The SMILES string of the molecule is C[SiH2]C(CC(C)C)OCn1c(SC)nc(-c2ccc(F)cc2)c1-c1ccnc(S(C)(=O)=O)n1. The van der Waals surface area contributed by atoms with Crippen molar-refractivity contribution in [3.8, 4) is 22.6 Å². The molecule has 1 atom stereocenters. The molecule has 0 aliphatic rings. The van der Waals surface area contributed by atoms with Crippen molar-refractivity contribution in [2.45, 2.75) is 49.6 Å². The van der Waals surface area contributed by atoms with Crippen LogP contribution in [0.15, 0.2) is 46.8 Å². The second-order valence-corrected chi connectivity index (χ2v) is 12.6. The Kier molecular flexibility index (Phi) is 8.43. The van der Waals surface area contributed by atoms with E-state index in [0.29, 0.717) is 33.7 Å². The van der Waals surface area contributed by atoms with Gasteiger partial charge in [-0.25, -0.2) is 27.8 Å². The van der Waals surface area contributed by atoms with Gasteiger partial charge in [0.15, 0.2) is 5.16 Å². The van der Waals surface area contributed by atoms with Crippen molar-refractivity contribution in [3.05, 3.63) is 42.3 Å².